The van der Waals surface area contributed by atoms with Crippen LogP contribution in [-0.2, 0) is 14.3 Å². The first-order valence-electron chi connectivity index (χ1n) is 8.31. The maximum atomic E-state index is 12.1. The molecule has 0 aromatic heterocycles. The Kier molecular flexibility index (Phi) is 5.11. The minimum Gasteiger partial charge on any atom is -0.381 e. The molecule has 1 aliphatic carbocycles. The van der Waals surface area contributed by atoms with E-state index in [9.17, 15) is 4.79 Å². The summed E-state index contributed by atoms with van der Waals surface area (Å²) in [5.74, 6) is 0.598. The Hall–Kier alpha value is -1.39. The van der Waals surface area contributed by atoms with E-state index in [0.29, 0.717) is 18.9 Å². The summed E-state index contributed by atoms with van der Waals surface area (Å²) in [6.07, 6.45) is 3.56. The fraction of sp³-hybridized carbons (Fsp3) is 0.611. The predicted octanol–water partition coefficient (Wildman–Crippen LogP) is 2.94. The summed E-state index contributed by atoms with van der Waals surface area (Å²) in [5.41, 5.74) is 2.64. The van der Waals surface area contributed by atoms with E-state index < -0.39 is 0 Å². The van der Waals surface area contributed by atoms with E-state index in [1.54, 1.807) is 0 Å². The Balaban J connectivity index is 1.44. The number of carbonyl (C=O) groups excluding carboxylic acids is 1. The number of nitrogens with one attached hydrogen (secondary N) is 1. The van der Waals surface area contributed by atoms with Crippen LogP contribution in [-0.4, -0.2) is 31.8 Å². The van der Waals surface area contributed by atoms with Crippen molar-refractivity contribution in [1.29, 1.82) is 0 Å². The predicted molar refractivity (Wildman–Crippen MR) is 84.8 cm³/mol. The molecule has 120 valence electrons. The molecule has 4 nitrogen and oxygen atoms in total. The van der Waals surface area contributed by atoms with E-state index in [1.165, 1.54) is 11.1 Å². The van der Waals surface area contributed by atoms with E-state index in [4.69, 9.17) is 9.47 Å². The standard InChI is InChI=1S/C18H25NO3/c1-13-12-17(16-5-3-2-4-15(13)16)19-18(20)8-11-22-14-6-9-21-10-7-14/h2-5,13-14,17H,6-12H2,1H3,(H,19,20). The van der Waals surface area contributed by atoms with Crippen molar-refractivity contribution in [2.75, 3.05) is 19.8 Å². The monoisotopic (exact) mass is 303 g/mol. The van der Waals surface area contributed by atoms with Gasteiger partial charge in [-0.3, -0.25) is 4.79 Å². The average Bonchev–Trinajstić information content (AvgIpc) is 2.85. The van der Waals surface area contributed by atoms with Crippen molar-refractivity contribution in [3.05, 3.63) is 35.4 Å². The third kappa shape index (κ3) is 3.68. The molecule has 1 amide bonds. The van der Waals surface area contributed by atoms with Crippen LogP contribution in [0.1, 0.15) is 55.7 Å². The van der Waals surface area contributed by atoms with Gasteiger partial charge in [0, 0.05) is 19.6 Å². The first-order chi connectivity index (χ1) is 10.7. The van der Waals surface area contributed by atoms with Crippen molar-refractivity contribution in [2.45, 2.75) is 50.7 Å². The molecule has 1 heterocycles. The molecule has 1 aliphatic heterocycles. The van der Waals surface area contributed by atoms with Crippen molar-refractivity contribution >= 4 is 5.91 Å². The van der Waals surface area contributed by atoms with E-state index in [1.807, 2.05) is 6.07 Å². The minimum absolute atomic E-state index is 0.0842. The van der Waals surface area contributed by atoms with E-state index in [-0.39, 0.29) is 18.1 Å². The molecule has 0 spiro atoms. The SMILES string of the molecule is CC1CC(NC(=O)CCOC2CCOCC2)c2ccccc21. The molecule has 1 aromatic carbocycles. The number of carbonyl (C=O) groups is 1. The molecule has 0 bridgehead atoms. The summed E-state index contributed by atoms with van der Waals surface area (Å²) in [6.45, 7) is 4.26. The maximum absolute atomic E-state index is 12.1. The number of amides is 1. The number of benzene rings is 1. The van der Waals surface area contributed by atoms with Gasteiger partial charge in [-0.05, 0) is 36.3 Å². The summed E-state index contributed by atoms with van der Waals surface area (Å²) in [6, 6.07) is 8.57. The van der Waals surface area contributed by atoms with Gasteiger partial charge in [0.1, 0.15) is 0 Å². The summed E-state index contributed by atoms with van der Waals surface area (Å²) < 4.78 is 11.1. The lowest BCUT2D eigenvalue weighted by atomic mass is 10.0. The van der Waals surface area contributed by atoms with Crippen LogP contribution in [0.3, 0.4) is 0 Å². The molecular formula is C18H25NO3. The lowest BCUT2D eigenvalue weighted by Gasteiger charge is -2.22. The second-order valence-electron chi connectivity index (χ2n) is 6.32. The molecular weight excluding hydrogens is 278 g/mol. The second-order valence-corrected chi connectivity index (χ2v) is 6.32. The average molecular weight is 303 g/mol. The summed E-state index contributed by atoms with van der Waals surface area (Å²) >= 11 is 0. The Morgan fingerprint density at radius 1 is 1.27 bits per heavy atom. The minimum atomic E-state index is 0.0842. The van der Waals surface area contributed by atoms with Crippen LogP contribution >= 0.6 is 0 Å². The largest absolute Gasteiger partial charge is 0.381 e. The lowest BCUT2D eigenvalue weighted by Crippen LogP contribution is -2.29. The molecule has 2 atom stereocenters. The zero-order chi connectivity index (χ0) is 15.4. The van der Waals surface area contributed by atoms with Crippen LogP contribution in [0.25, 0.3) is 0 Å². The number of hydrogen-bond acceptors (Lipinski definition) is 3. The lowest BCUT2D eigenvalue weighted by molar-refractivity contribution is -0.124. The van der Waals surface area contributed by atoms with Gasteiger partial charge in [-0.25, -0.2) is 0 Å². The molecule has 2 unspecified atom stereocenters. The van der Waals surface area contributed by atoms with Gasteiger partial charge in [0.25, 0.3) is 0 Å². The smallest absolute Gasteiger partial charge is 0.222 e. The highest BCUT2D eigenvalue weighted by Crippen LogP contribution is 2.39. The highest BCUT2D eigenvalue weighted by atomic mass is 16.5. The molecule has 0 radical (unpaired) electrons. The van der Waals surface area contributed by atoms with Crippen molar-refractivity contribution in [3.63, 3.8) is 0 Å². The zero-order valence-electron chi connectivity index (χ0n) is 13.2. The Labute approximate surface area is 132 Å². The molecule has 3 rings (SSSR count). The molecule has 22 heavy (non-hydrogen) atoms. The van der Waals surface area contributed by atoms with Crippen LogP contribution < -0.4 is 5.32 Å². The van der Waals surface area contributed by atoms with Crippen LogP contribution in [0.5, 0.6) is 0 Å². The van der Waals surface area contributed by atoms with Crippen LogP contribution in [0.15, 0.2) is 24.3 Å². The van der Waals surface area contributed by atoms with Gasteiger partial charge in [-0.1, -0.05) is 31.2 Å². The van der Waals surface area contributed by atoms with Crippen molar-refractivity contribution < 1.29 is 14.3 Å². The first kappa shape index (κ1) is 15.5. The third-order valence-electron chi connectivity index (χ3n) is 4.68. The second kappa shape index (κ2) is 7.25. The summed E-state index contributed by atoms with van der Waals surface area (Å²) in [7, 11) is 0. The van der Waals surface area contributed by atoms with Crippen LogP contribution in [0.4, 0.5) is 0 Å². The molecule has 1 fully saturated rings. The van der Waals surface area contributed by atoms with E-state index in [2.05, 4.69) is 30.4 Å². The molecule has 1 aromatic rings. The van der Waals surface area contributed by atoms with Gasteiger partial charge in [-0.2, -0.15) is 0 Å². The van der Waals surface area contributed by atoms with Crippen molar-refractivity contribution in [2.24, 2.45) is 0 Å². The van der Waals surface area contributed by atoms with Gasteiger partial charge in [0.2, 0.25) is 5.91 Å². The molecule has 1 saturated heterocycles. The highest BCUT2D eigenvalue weighted by Gasteiger charge is 2.28. The van der Waals surface area contributed by atoms with E-state index in [0.717, 1.165) is 32.5 Å². The normalized spacial score (nSPS) is 25.0. The molecule has 2 aliphatic rings. The number of hydrogen-bond donors (Lipinski definition) is 1. The fourth-order valence-electron chi connectivity index (χ4n) is 3.45. The van der Waals surface area contributed by atoms with Gasteiger partial charge in [0.05, 0.1) is 18.8 Å². The fourth-order valence-corrected chi connectivity index (χ4v) is 3.45. The number of ether oxygens (including phenoxy) is 2. The topological polar surface area (TPSA) is 47.6 Å². The van der Waals surface area contributed by atoms with Crippen molar-refractivity contribution in [1.82, 2.24) is 5.32 Å². The maximum Gasteiger partial charge on any atom is 0.222 e. The molecule has 0 saturated carbocycles. The van der Waals surface area contributed by atoms with Gasteiger partial charge < -0.3 is 14.8 Å². The molecule has 1 N–H and O–H groups in total. The summed E-state index contributed by atoms with van der Waals surface area (Å²) in [5, 5.41) is 3.16. The van der Waals surface area contributed by atoms with Crippen LogP contribution in [0.2, 0.25) is 0 Å². The Morgan fingerprint density at radius 2 is 2.00 bits per heavy atom. The third-order valence-corrected chi connectivity index (χ3v) is 4.68. The van der Waals surface area contributed by atoms with Gasteiger partial charge in [0.15, 0.2) is 0 Å². The Bertz CT molecular complexity index is 511. The quantitative estimate of drug-likeness (QED) is 0.910. The van der Waals surface area contributed by atoms with E-state index >= 15 is 0 Å². The number of fused-ring (bicyclic) bond motifs is 1. The van der Waals surface area contributed by atoms with Crippen LogP contribution in [0, 0.1) is 0 Å². The zero-order valence-corrected chi connectivity index (χ0v) is 13.2. The summed E-state index contributed by atoms with van der Waals surface area (Å²) in [4.78, 5) is 12.1. The highest BCUT2D eigenvalue weighted by molar-refractivity contribution is 5.76. The van der Waals surface area contributed by atoms with Gasteiger partial charge in [-0.15, -0.1) is 0 Å². The number of rotatable bonds is 5. The molecule has 4 heteroatoms. The van der Waals surface area contributed by atoms with Gasteiger partial charge >= 0.3 is 0 Å². The first-order valence-corrected chi connectivity index (χ1v) is 8.31. The Morgan fingerprint density at radius 3 is 2.77 bits per heavy atom. The van der Waals surface area contributed by atoms with Crippen molar-refractivity contribution in [3.8, 4) is 0 Å².